The van der Waals surface area contributed by atoms with E-state index in [0.29, 0.717) is 0 Å². The third-order valence-corrected chi connectivity index (χ3v) is 4.46. The van der Waals surface area contributed by atoms with Gasteiger partial charge in [-0.15, -0.1) is 11.3 Å². The van der Waals surface area contributed by atoms with Gasteiger partial charge in [0, 0.05) is 23.2 Å². The molecule has 3 aromatic rings. The van der Waals surface area contributed by atoms with Crippen LogP contribution in [0.1, 0.15) is 10.4 Å². The van der Waals surface area contributed by atoms with Crippen molar-refractivity contribution in [3.8, 4) is 11.1 Å². The summed E-state index contributed by atoms with van der Waals surface area (Å²) in [5.41, 5.74) is 4.15. The first-order valence-corrected chi connectivity index (χ1v) is 7.94. The van der Waals surface area contributed by atoms with Crippen molar-refractivity contribution in [3.63, 3.8) is 0 Å². The van der Waals surface area contributed by atoms with Gasteiger partial charge >= 0.3 is 0 Å². The Morgan fingerprint density at radius 2 is 1.61 bits per heavy atom. The van der Waals surface area contributed by atoms with E-state index in [9.17, 15) is 10.1 Å². The summed E-state index contributed by atoms with van der Waals surface area (Å²) >= 11 is 1.67. The summed E-state index contributed by atoms with van der Waals surface area (Å²) in [6, 6.07) is 16.4. The van der Waals surface area contributed by atoms with Gasteiger partial charge in [0.05, 0.1) is 10.6 Å². The lowest BCUT2D eigenvalue weighted by Gasteiger charge is -2.02. The molecule has 0 aliphatic heterocycles. The third kappa shape index (κ3) is 3.52. The largest absolute Gasteiger partial charge is 0.269 e. The zero-order chi connectivity index (χ0) is 16.2. The molecule has 1 heterocycles. The van der Waals surface area contributed by atoms with Crippen LogP contribution in [0.5, 0.6) is 0 Å². The molecule has 0 aliphatic carbocycles. The summed E-state index contributed by atoms with van der Waals surface area (Å²) in [7, 11) is 0. The fourth-order valence-electron chi connectivity index (χ4n) is 2.17. The van der Waals surface area contributed by atoms with Gasteiger partial charge in [-0.2, -0.15) is 0 Å². The number of thiophene rings is 1. The quantitative estimate of drug-likeness (QED) is 0.368. The van der Waals surface area contributed by atoms with Crippen LogP contribution in [0.2, 0.25) is 0 Å². The standard InChI is InChI=1S/C18H14N2O2S/c1-13-10-11-23-18(13)12-19-16-6-2-14(3-7-16)15-4-8-17(9-5-15)20(21)22/h2-12H,1H3. The molecule has 0 fully saturated rings. The monoisotopic (exact) mass is 322 g/mol. The van der Waals surface area contributed by atoms with Crippen LogP contribution in [0.15, 0.2) is 65.0 Å². The normalized spacial score (nSPS) is 11.0. The number of rotatable bonds is 4. The van der Waals surface area contributed by atoms with E-state index in [1.807, 2.05) is 35.9 Å². The molecule has 0 saturated heterocycles. The van der Waals surface area contributed by atoms with Crippen molar-refractivity contribution in [1.82, 2.24) is 0 Å². The van der Waals surface area contributed by atoms with Crippen LogP contribution in [-0.4, -0.2) is 11.1 Å². The van der Waals surface area contributed by atoms with E-state index in [1.54, 1.807) is 23.5 Å². The van der Waals surface area contributed by atoms with Crippen LogP contribution >= 0.6 is 11.3 Å². The van der Waals surface area contributed by atoms with Crippen molar-refractivity contribution in [2.24, 2.45) is 4.99 Å². The van der Waals surface area contributed by atoms with Crippen molar-refractivity contribution < 1.29 is 4.92 Å². The lowest BCUT2D eigenvalue weighted by molar-refractivity contribution is -0.384. The molecule has 1 aromatic heterocycles. The van der Waals surface area contributed by atoms with Gasteiger partial charge in [0.15, 0.2) is 0 Å². The summed E-state index contributed by atoms with van der Waals surface area (Å²) < 4.78 is 0. The Morgan fingerprint density at radius 1 is 1.00 bits per heavy atom. The minimum absolute atomic E-state index is 0.0984. The third-order valence-electron chi connectivity index (χ3n) is 3.51. The van der Waals surface area contributed by atoms with Crippen LogP contribution < -0.4 is 0 Å². The molecular formula is C18H14N2O2S. The zero-order valence-corrected chi connectivity index (χ0v) is 13.3. The maximum absolute atomic E-state index is 10.7. The fourth-order valence-corrected chi connectivity index (χ4v) is 2.95. The second-order valence-electron chi connectivity index (χ2n) is 5.08. The molecule has 0 spiro atoms. The van der Waals surface area contributed by atoms with Crippen LogP contribution in [0, 0.1) is 17.0 Å². The van der Waals surface area contributed by atoms with Crippen LogP contribution in [-0.2, 0) is 0 Å². The van der Waals surface area contributed by atoms with Gasteiger partial charge in [-0.3, -0.25) is 15.1 Å². The van der Waals surface area contributed by atoms with Gasteiger partial charge in [-0.05, 0) is 59.3 Å². The van der Waals surface area contributed by atoms with E-state index in [-0.39, 0.29) is 5.69 Å². The highest BCUT2D eigenvalue weighted by molar-refractivity contribution is 7.11. The number of hydrogen-bond donors (Lipinski definition) is 0. The molecule has 0 amide bonds. The topological polar surface area (TPSA) is 55.5 Å². The molecule has 0 atom stereocenters. The van der Waals surface area contributed by atoms with Crippen molar-refractivity contribution in [3.05, 3.63) is 80.5 Å². The van der Waals surface area contributed by atoms with E-state index < -0.39 is 4.92 Å². The summed E-state index contributed by atoms with van der Waals surface area (Å²) in [6.07, 6.45) is 1.88. The lowest BCUT2D eigenvalue weighted by Crippen LogP contribution is -1.87. The number of hydrogen-bond acceptors (Lipinski definition) is 4. The Morgan fingerprint density at radius 3 is 2.13 bits per heavy atom. The predicted octanol–water partition coefficient (Wildman–Crippen LogP) is 5.38. The van der Waals surface area contributed by atoms with E-state index >= 15 is 0 Å². The lowest BCUT2D eigenvalue weighted by atomic mass is 10.1. The van der Waals surface area contributed by atoms with E-state index in [1.165, 1.54) is 17.7 Å². The van der Waals surface area contributed by atoms with Crippen molar-refractivity contribution in [2.75, 3.05) is 0 Å². The Hall–Kier alpha value is -2.79. The molecular weight excluding hydrogens is 308 g/mol. The highest BCUT2D eigenvalue weighted by Crippen LogP contribution is 2.25. The van der Waals surface area contributed by atoms with Crippen LogP contribution in [0.3, 0.4) is 0 Å². The van der Waals surface area contributed by atoms with Crippen LogP contribution in [0.4, 0.5) is 11.4 Å². The first kappa shape index (κ1) is 15.1. The second kappa shape index (κ2) is 6.54. The summed E-state index contributed by atoms with van der Waals surface area (Å²) in [4.78, 5) is 15.9. The Bertz CT molecular complexity index is 849. The second-order valence-corrected chi connectivity index (χ2v) is 6.02. The number of nitro benzene ring substituents is 1. The van der Waals surface area contributed by atoms with E-state index in [0.717, 1.165) is 21.7 Å². The van der Waals surface area contributed by atoms with Gasteiger partial charge in [0.25, 0.3) is 5.69 Å². The number of benzene rings is 2. The van der Waals surface area contributed by atoms with Gasteiger partial charge in [-0.1, -0.05) is 12.1 Å². The van der Waals surface area contributed by atoms with Crippen molar-refractivity contribution in [2.45, 2.75) is 6.92 Å². The highest BCUT2D eigenvalue weighted by atomic mass is 32.1. The number of nitro groups is 1. The smallest absolute Gasteiger partial charge is 0.258 e. The predicted molar refractivity (Wildman–Crippen MR) is 94.8 cm³/mol. The summed E-state index contributed by atoms with van der Waals surface area (Å²) in [5.74, 6) is 0. The Labute approximate surface area is 137 Å². The maximum atomic E-state index is 10.7. The summed E-state index contributed by atoms with van der Waals surface area (Å²) in [6.45, 7) is 2.07. The molecule has 23 heavy (non-hydrogen) atoms. The number of aryl methyl sites for hydroxylation is 1. The maximum Gasteiger partial charge on any atom is 0.269 e. The molecule has 0 N–H and O–H groups in total. The molecule has 0 bridgehead atoms. The molecule has 0 saturated carbocycles. The molecule has 4 nitrogen and oxygen atoms in total. The molecule has 114 valence electrons. The molecule has 2 aromatic carbocycles. The molecule has 0 unspecified atom stereocenters. The zero-order valence-electron chi connectivity index (χ0n) is 12.5. The average molecular weight is 322 g/mol. The van der Waals surface area contributed by atoms with Gasteiger partial charge < -0.3 is 0 Å². The first-order valence-electron chi connectivity index (χ1n) is 7.06. The fraction of sp³-hybridized carbons (Fsp3) is 0.0556. The molecule has 0 aliphatic rings. The average Bonchev–Trinajstić information content (AvgIpc) is 2.99. The minimum Gasteiger partial charge on any atom is -0.258 e. The van der Waals surface area contributed by atoms with Gasteiger partial charge in [0.2, 0.25) is 0 Å². The molecule has 5 heteroatoms. The van der Waals surface area contributed by atoms with Gasteiger partial charge in [-0.25, -0.2) is 0 Å². The Balaban J connectivity index is 1.78. The number of non-ortho nitro benzene ring substituents is 1. The van der Waals surface area contributed by atoms with Crippen LogP contribution in [0.25, 0.3) is 11.1 Å². The van der Waals surface area contributed by atoms with E-state index in [4.69, 9.17) is 0 Å². The molecule has 0 radical (unpaired) electrons. The summed E-state index contributed by atoms with van der Waals surface area (Å²) in [5, 5.41) is 12.7. The highest BCUT2D eigenvalue weighted by Gasteiger charge is 2.05. The van der Waals surface area contributed by atoms with Crippen molar-refractivity contribution in [1.29, 1.82) is 0 Å². The number of aliphatic imine (C=N–C) groups is 1. The van der Waals surface area contributed by atoms with Crippen molar-refractivity contribution >= 4 is 28.9 Å². The van der Waals surface area contributed by atoms with E-state index in [2.05, 4.69) is 18.0 Å². The Kier molecular flexibility index (Phi) is 4.30. The SMILES string of the molecule is Cc1ccsc1C=Nc1ccc(-c2ccc([N+](=O)[O-])cc2)cc1. The number of nitrogens with zero attached hydrogens (tertiary/aromatic N) is 2. The minimum atomic E-state index is -0.395. The first-order chi connectivity index (χ1) is 11.1. The van der Waals surface area contributed by atoms with Gasteiger partial charge in [0.1, 0.15) is 0 Å². The molecule has 3 rings (SSSR count).